The average Bonchev–Trinajstić information content (AvgIpc) is 2.80. The Bertz CT molecular complexity index is 1130. The van der Waals surface area contributed by atoms with Crippen molar-refractivity contribution in [1.29, 1.82) is 0 Å². The Morgan fingerprint density at radius 3 is 2.35 bits per heavy atom. The second-order valence-electron chi connectivity index (χ2n) is 8.56. The van der Waals surface area contributed by atoms with Crippen LogP contribution in [-0.2, 0) is 14.8 Å². The highest BCUT2D eigenvalue weighted by Gasteiger charge is 2.34. The molecule has 1 saturated heterocycles. The zero-order valence-electron chi connectivity index (χ0n) is 19.7. The second kappa shape index (κ2) is 10.7. The summed E-state index contributed by atoms with van der Waals surface area (Å²) in [5.74, 6) is -1.24. The van der Waals surface area contributed by atoms with Crippen molar-refractivity contribution in [3.05, 3.63) is 53.6 Å². The van der Waals surface area contributed by atoms with Crippen molar-refractivity contribution in [2.24, 2.45) is 5.92 Å². The van der Waals surface area contributed by atoms with Crippen LogP contribution < -0.4 is 14.8 Å². The number of hydrogen-bond acceptors (Lipinski definition) is 5. The van der Waals surface area contributed by atoms with Gasteiger partial charge in [-0.2, -0.15) is 4.31 Å². The fourth-order valence-corrected chi connectivity index (χ4v) is 5.44. The van der Waals surface area contributed by atoms with E-state index in [2.05, 4.69) is 5.32 Å². The minimum absolute atomic E-state index is 0.0102. The quantitative estimate of drug-likeness (QED) is 0.596. The summed E-state index contributed by atoms with van der Waals surface area (Å²) >= 11 is 0. The number of hydrogen-bond donors (Lipinski definition) is 1. The predicted octanol–water partition coefficient (Wildman–Crippen LogP) is 4.04. The van der Waals surface area contributed by atoms with Gasteiger partial charge in [0.25, 0.3) is 0 Å². The van der Waals surface area contributed by atoms with E-state index < -0.39 is 32.5 Å². The van der Waals surface area contributed by atoms with E-state index in [4.69, 9.17) is 9.47 Å². The lowest BCUT2D eigenvalue weighted by atomic mass is 9.96. The summed E-state index contributed by atoms with van der Waals surface area (Å²) in [6.07, 6.45) is 0.544. The number of sulfonamides is 1. The highest BCUT2D eigenvalue weighted by Crippen LogP contribution is 2.32. The Morgan fingerprint density at radius 2 is 1.74 bits per heavy atom. The molecule has 34 heavy (non-hydrogen) atoms. The molecule has 0 radical (unpaired) electrons. The van der Waals surface area contributed by atoms with Gasteiger partial charge in [-0.15, -0.1) is 0 Å². The number of ether oxygens (including phenoxy) is 2. The van der Waals surface area contributed by atoms with Gasteiger partial charge in [-0.3, -0.25) is 4.79 Å². The predicted molar refractivity (Wildman–Crippen MR) is 123 cm³/mol. The molecule has 2 aromatic rings. The van der Waals surface area contributed by atoms with Crippen LogP contribution in [0.15, 0.2) is 41.3 Å². The Balaban J connectivity index is 1.62. The van der Waals surface area contributed by atoms with Crippen molar-refractivity contribution in [3.63, 3.8) is 0 Å². The fraction of sp³-hybridized carbons (Fsp3) is 0.458. The molecule has 10 heteroatoms. The lowest BCUT2D eigenvalue weighted by Gasteiger charge is -2.31. The number of rotatable bonds is 8. The van der Waals surface area contributed by atoms with Gasteiger partial charge < -0.3 is 14.8 Å². The van der Waals surface area contributed by atoms with Gasteiger partial charge in [-0.25, -0.2) is 17.2 Å². The van der Waals surface area contributed by atoms with Crippen LogP contribution in [0, 0.1) is 17.6 Å². The zero-order chi connectivity index (χ0) is 25.0. The maximum Gasteiger partial charge on any atom is 0.246 e. The van der Waals surface area contributed by atoms with E-state index in [1.165, 1.54) is 0 Å². The van der Waals surface area contributed by atoms with Gasteiger partial charge in [0.15, 0.2) is 11.5 Å². The van der Waals surface area contributed by atoms with Crippen LogP contribution in [0.1, 0.15) is 45.2 Å². The molecule has 186 valence electrons. The number of piperidine rings is 1. The van der Waals surface area contributed by atoms with E-state index in [1.54, 1.807) is 13.2 Å². The number of amides is 1. The molecular weight excluding hydrogens is 466 g/mol. The summed E-state index contributed by atoms with van der Waals surface area (Å²) in [6, 6.07) is 7.49. The van der Waals surface area contributed by atoms with Crippen molar-refractivity contribution >= 4 is 15.9 Å². The van der Waals surface area contributed by atoms with Gasteiger partial charge in [0.1, 0.15) is 16.5 Å². The molecule has 0 aliphatic carbocycles. The van der Waals surface area contributed by atoms with Crippen molar-refractivity contribution in [2.45, 2.75) is 50.7 Å². The molecule has 0 saturated carbocycles. The molecule has 0 bridgehead atoms. The molecular formula is C24H30F2N2O5S. The summed E-state index contributed by atoms with van der Waals surface area (Å²) in [5, 5.41) is 2.97. The Kier molecular flexibility index (Phi) is 8.14. The summed E-state index contributed by atoms with van der Waals surface area (Å²) in [6.45, 7) is 5.77. The minimum atomic E-state index is -4.19. The average molecular weight is 497 g/mol. The molecule has 2 aromatic carbocycles. The molecule has 1 atom stereocenters. The Hall–Kier alpha value is -2.72. The first-order valence-electron chi connectivity index (χ1n) is 11.1. The maximum atomic E-state index is 14.0. The molecule has 0 aromatic heterocycles. The highest BCUT2D eigenvalue weighted by atomic mass is 32.2. The SMILES string of the molecule is COc1cc(C(C)NC(=O)C2CCN(S(=O)(=O)c3cc(F)ccc3F)CC2)ccc1OC(C)C. The molecule has 1 N–H and O–H groups in total. The number of nitrogens with zero attached hydrogens (tertiary/aromatic N) is 1. The first-order valence-corrected chi connectivity index (χ1v) is 12.6. The second-order valence-corrected chi connectivity index (χ2v) is 10.5. The highest BCUT2D eigenvalue weighted by molar-refractivity contribution is 7.89. The standard InChI is InChI=1S/C24H30F2N2O5S/c1-15(2)33-21-8-5-18(13-22(21)32-4)16(3)27-24(29)17-9-11-28(12-10-17)34(30,31)23-14-19(25)6-7-20(23)26/h5-8,13-17H,9-12H2,1-4H3,(H,27,29). The summed E-state index contributed by atoms with van der Waals surface area (Å²) < 4.78 is 65.2. The number of halogens is 2. The van der Waals surface area contributed by atoms with Crippen LogP contribution in [0.25, 0.3) is 0 Å². The molecule has 0 spiro atoms. The third-order valence-electron chi connectivity index (χ3n) is 5.74. The molecule has 1 fully saturated rings. The summed E-state index contributed by atoms with van der Waals surface area (Å²) in [4.78, 5) is 12.1. The van der Waals surface area contributed by atoms with Crippen LogP contribution in [0.4, 0.5) is 8.78 Å². The first kappa shape index (κ1) is 25.9. The van der Waals surface area contributed by atoms with Crippen molar-refractivity contribution in [3.8, 4) is 11.5 Å². The van der Waals surface area contributed by atoms with Crippen molar-refractivity contribution in [1.82, 2.24) is 9.62 Å². The number of carbonyl (C=O) groups is 1. The van der Waals surface area contributed by atoms with Gasteiger partial charge in [0.05, 0.1) is 19.3 Å². The van der Waals surface area contributed by atoms with Crippen LogP contribution in [-0.4, -0.2) is 44.9 Å². The summed E-state index contributed by atoms with van der Waals surface area (Å²) in [5.41, 5.74) is 0.836. The molecule has 3 rings (SSSR count). The molecule has 7 nitrogen and oxygen atoms in total. The monoisotopic (exact) mass is 496 g/mol. The van der Waals surface area contributed by atoms with Crippen LogP contribution in [0.3, 0.4) is 0 Å². The minimum Gasteiger partial charge on any atom is -0.493 e. The van der Waals surface area contributed by atoms with E-state index in [9.17, 15) is 22.0 Å². The number of benzene rings is 2. The van der Waals surface area contributed by atoms with E-state index in [-0.39, 0.29) is 44.0 Å². The fourth-order valence-electron chi connectivity index (χ4n) is 3.89. The normalized spacial score (nSPS) is 16.3. The summed E-state index contributed by atoms with van der Waals surface area (Å²) in [7, 11) is -2.64. The van der Waals surface area contributed by atoms with Crippen LogP contribution in [0.5, 0.6) is 11.5 Å². The van der Waals surface area contributed by atoms with Crippen molar-refractivity contribution in [2.75, 3.05) is 20.2 Å². The number of nitrogens with one attached hydrogen (secondary N) is 1. The number of methoxy groups -OCH3 is 1. The van der Waals surface area contributed by atoms with Crippen molar-refractivity contribution < 1.29 is 31.5 Å². The van der Waals surface area contributed by atoms with E-state index >= 15 is 0 Å². The zero-order valence-corrected chi connectivity index (χ0v) is 20.5. The largest absolute Gasteiger partial charge is 0.493 e. The topological polar surface area (TPSA) is 84.9 Å². The number of carbonyl (C=O) groups excluding carboxylic acids is 1. The van der Waals surface area contributed by atoms with Gasteiger partial charge >= 0.3 is 0 Å². The molecule has 1 amide bonds. The molecule has 1 aliphatic rings. The van der Waals surface area contributed by atoms with Gasteiger partial charge in [0, 0.05) is 19.0 Å². The smallest absolute Gasteiger partial charge is 0.246 e. The third kappa shape index (κ3) is 5.85. The Morgan fingerprint density at radius 1 is 1.06 bits per heavy atom. The molecule has 1 unspecified atom stereocenters. The third-order valence-corrected chi connectivity index (χ3v) is 7.66. The van der Waals surface area contributed by atoms with Crippen LogP contribution in [0.2, 0.25) is 0 Å². The van der Waals surface area contributed by atoms with Gasteiger partial charge in [0.2, 0.25) is 15.9 Å². The van der Waals surface area contributed by atoms with Gasteiger partial charge in [-0.1, -0.05) is 6.07 Å². The molecule has 1 aliphatic heterocycles. The Labute approximate surface area is 199 Å². The lowest BCUT2D eigenvalue weighted by molar-refractivity contribution is -0.126. The van der Waals surface area contributed by atoms with E-state index in [1.807, 2.05) is 32.9 Å². The molecule has 1 heterocycles. The van der Waals surface area contributed by atoms with Gasteiger partial charge in [-0.05, 0) is 69.5 Å². The first-order chi connectivity index (χ1) is 16.0. The van der Waals surface area contributed by atoms with E-state index in [0.717, 1.165) is 22.0 Å². The van der Waals surface area contributed by atoms with E-state index in [0.29, 0.717) is 17.6 Å². The lowest BCUT2D eigenvalue weighted by Crippen LogP contribution is -2.43. The maximum absolute atomic E-state index is 14.0. The van der Waals surface area contributed by atoms with Crippen LogP contribution >= 0.6 is 0 Å².